The highest BCUT2D eigenvalue weighted by Gasteiger charge is 2.42. The number of aliphatic carboxylic acids is 2. The highest BCUT2D eigenvalue weighted by molar-refractivity contribution is 6.47. The van der Waals surface area contributed by atoms with Crippen molar-refractivity contribution in [3.05, 3.63) is 35.4 Å². The van der Waals surface area contributed by atoms with Gasteiger partial charge in [0.05, 0.1) is 43.0 Å². The van der Waals surface area contributed by atoms with Crippen LogP contribution >= 0.6 is 0 Å². The van der Waals surface area contributed by atoms with Crippen molar-refractivity contribution in [2.45, 2.75) is 101 Å². The summed E-state index contributed by atoms with van der Waals surface area (Å²) in [6.45, 7) is 0.756. The Morgan fingerprint density at radius 1 is 0.979 bits per heavy atom. The highest BCUT2D eigenvalue weighted by atomic mass is 16.7. The number of carbonyl (C=O) groups is 4. The van der Waals surface area contributed by atoms with Crippen molar-refractivity contribution in [2.24, 2.45) is 16.5 Å². The second-order valence-corrected chi connectivity index (χ2v) is 12.0. The van der Waals surface area contributed by atoms with Crippen LogP contribution in [0, 0.1) is 0 Å². The van der Waals surface area contributed by atoms with Gasteiger partial charge in [0, 0.05) is 13.1 Å². The summed E-state index contributed by atoms with van der Waals surface area (Å²) in [4.78, 5) is 53.1. The van der Waals surface area contributed by atoms with Gasteiger partial charge in [0.15, 0.2) is 5.96 Å². The van der Waals surface area contributed by atoms with E-state index in [1.54, 1.807) is 0 Å². The van der Waals surface area contributed by atoms with Gasteiger partial charge in [-0.2, -0.15) is 0 Å². The number of fused-ring (bicyclic) bond motifs is 1. The molecule has 2 saturated heterocycles. The molecule has 1 aromatic carbocycles. The van der Waals surface area contributed by atoms with E-state index in [1.807, 2.05) is 24.3 Å². The van der Waals surface area contributed by atoms with E-state index in [-0.39, 0.29) is 44.1 Å². The van der Waals surface area contributed by atoms with Crippen molar-refractivity contribution in [1.82, 2.24) is 21.4 Å². The molecule has 0 aliphatic carbocycles. The molecule has 3 aliphatic rings. The number of nitrogens with one attached hydrogen (secondary N) is 4. The molecule has 17 nitrogen and oxygen atoms in total. The van der Waals surface area contributed by atoms with E-state index in [4.69, 9.17) is 30.6 Å². The van der Waals surface area contributed by atoms with Crippen molar-refractivity contribution in [2.75, 3.05) is 6.54 Å². The number of carboxylic acids is 2. The van der Waals surface area contributed by atoms with Crippen molar-refractivity contribution < 1.29 is 48.5 Å². The molecule has 0 bridgehead atoms. The number of hydroxylamine groups is 1. The summed E-state index contributed by atoms with van der Waals surface area (Å²) < 4.78 is 17.2. The Balaban J connectivity index is 1.41. The largest absolute Gasteiger partial charge is 0.498 e. The monoisotopic (exact) mass is 659 g/mol. The average Bonchev–Trinajstić information content (AvgIpc) is 3.02. The van der Waals surface area contributed by atoms with Gasteiger partial charge in [0.25, 0.3) is 0 Å². The molecule has 0 aromatic heterocycles. The SMILES string of the molecule is NC(N)=NCCC[C@@H](NOB1O[C@H](CC(=O)O)CC[C@@H]1NC(=O)[C@H]1Cc2ccccc2CN1)C(=O)N[C@H]1CC[C@@H](CC(=O)O)OB1O. The summed E-state index contributed by atoms with van der Waals surface area (Å²) >= 11 is 0. The van der Waals surface area contributed by atoms with Crippen LogP contribution in [0.1, 0.15) is 62.5 Å². The van der Waals surface area contributed by atoms with Gasteiger partial charge in [-0.15, -0.1) is 0 Å². The minimum Gasteiger partial charge on any atom is -0.481 e. The Labute approximate surface area is 272 Å². The number of carboxylic acid groups (broad SMARTS) is 2. The third-order valence-corrected chi connectivity index (χ3v) is 8.38. The van der Waals surface area contributed by atoms with E-state index in [1.165, 1.54) is 0 Å². The summed E-state index contributed by atoms with van der Waals surface area (Å²) in [7, 11) is -2.56. The number of aliphatic imine (C=N–C) groups is 1. The number of rotatable bonds is 15. The summed E-state index contributed by atoms with van der Waals surface area (Å²) in [6, 6.07) is 6.35. The molecular formula is C28H43B2N7O10. The molecule has 0 radical (unpaired) electrons. The number of hydrogen-bond acceptors (Lipinski definition) is 11. The molecule has 256 valence electrons. The van der Waals surface area contributed by atoms with Gasteiger partial charge in [-0.05, 0) is 56.1 Å². The number of nitrogens with zero attached hydrogens (tertiary/aromatic N) is 1. The number of carbonyl (C=O) groups excluding carboxylic acids is 2. The first kappa shape index (κ1) is 36.1. The van der Waals surface area contributed by atoms with Crippen molar-refractivity contribution in [1.29, 1.82) is 0 Å². The molecule has 0 spiro atoms. The maximum Gasteiger partial charge on any atom is 0.498 e. The maximum absolute atomic E-state index is 13.4. The fraction of sp³-hybridized carbons (Fsp3) is 0.607. The Morgan fingerprint density at radius 2 is 1.64 bits per heavy atom. The molecule has 3 aliphatic heterocycles. The molecule has 6 atom stereocenters. The quantitative estimate of drug-likeness (QED) is 0.0323. The van der Waals surface area contributed by atoms with Gasteiger partial charge in [-0.1, -0.05) is 24.3 Å². The molecule has 1 aromatic rings. The minimum absolute atomic E-state index is 0.108. The van der Waals surface area contributed by atoms with E-state index in [0.717, 1.165) is 11.1 Å². The Bertz CT molecular complexity index is 1290. The van der Waals surface area contributed by atoms with Crippen LogP contribution in [-0.4, -0.2) is 102 Å². The average molecular weight is 659 g/mol. The summed E-state index contributed by atoms with van der Waals surface area (Å²) in [5.41, 5.74) is 15.8. The number of amides is 2. The fourth-order valence-corrected chi connectivity index (χ4v) is 5.91. The summed E-state index contributed by atoms with van der Waals surface area (Å²) in [6.07, 6.45) is 0.453. The summed E-state index contributed by atoms with van der Waals surface area (Å²) in [5.74, 6) is -4.50. The van der Waals surface area contributed by atoms with E-state index in [9.17, 15) is 29.3 Å². The Kier molecular flexibility index (Phi) is 13.4. The third kappa shape index (κ3) is 11.2. The molecule has 3 heterocycles. The zero-order valence-electron chi connectivity index (χ0n) is 26.0. The molecule has 11 N–H and O–H groups in total. The Morgan fingerprint density at radius 3 is 2.30 bits per heavy atom. The lowest BCUT2D eigenvalue weighted by atomic mass is 9.71. The molecule has 0 unspecified atom stereocenters. The van der Waals surface area contributed by atoms with E-state index < -0.39 is 68.3 Å². The van der Waals surface area contributed by atoms with Crippen LogP contribution in [0.4, 0.5) is 0 Å². The number of benzene rings is 1. The molecular weight excluding hydrogens is 616 g/mol. The molecule has 4 rings (SSSR count). The third-order valence-electron chi connectivity index (χ3n) is 8.38. The zero-order chi connectivity index (χ0) is 33.9. The lowest BCUT2D eigenvalue weighted by Gasteiger charge is -2.35. The standard InChI is InChI=1S/C28H43B2N7O10/c31-28(32)33-11-3-6-20(26(42)35-22-9-7-18(13-24(38)39)45-29(22)44)37-47-30-23(10-8-19(46-30)14-25(40)41)36-27(43)21-12-16-4-1-2-5-17(16)15-34-21/h1-2,4-5,18-23,34,37,44H,3,6-15H2,(H,35,42)(H,36,43)(H,38,39)(H,40,41)(H4,31,32,33)/t18-,19-,20+,21+,22-,23-/m0/s1. The fourth-order valence-electron chi connectivity index (χ4n) is 5.91. The van der Waals surface area contributed by atoms with Gasteiger partial charge in [0.2, 0.25) is 11.8 Å². The van der Waals surface area contributed by atoms with Crippen molar-refractivity contribution >= 4 is 43.9 Å². The van der Waals surface area contributed by atoms with Gasteiger partial charge in [-0.25, -0.2) is 5.48 Å². The number of guanidine groups is 1. The van der Waals surface area contributed by atoms with Crippen LogP contribution in [0.2, 0.25) is 0 Å². The highest BCUT2D eigenvalue weighted by Crippen LogP contribution is 2.23. The minimum atomic E-state index is -1.42. The molecule has 47 heavy (non-hydrogen) atoms. The van der Waals surface area contributed by atoms with Crippen molar-refractivity contribution in [3.63, 3.8) is 0 Å². The van der Waals surface area contributed by atoms with Crippen LogP contribution in [0.25, 0.3) is 0 Å². The second-order valence-electron chi connectivity index (χ2n) is 12.0. The van der Waals surface area contributed by atoms with Crippen LogP contribution < -0.4 is 32.9 Å². The number of hydrogen-bond donors (Lipinski definition) is 9. The van der Waals surface area contributed by atoms with Gasteiger partial charge in [-0.3, -0.25) is 24.2 Å². The second kappa shape index (κ2) is 17.4. The zero-order valence-corrected chi connectivity index (χ0v) is 26.0. The van der Waals surface area contributed by atoms with Gasteiger partial charge in [0.1, 0.15) is 6.04 Å². The lowest BCUT2D eigenvalue weighted by molar-refractivity contribution is -0.140. The van der Waals surface area contributed by atoms with Gasteiger partial charge >= 0.3 is 26.2 Å². The molecule has 0 saturated carbocycles. The summed E-state index contributed by atoms with van der Waals surface area (Å²) in [5, 5.41) is 37.7. The first-order valence-corrected chi connectivity index (χ1v) is 15.8. The molecule has 2 fully saturated rings. The Hall–Kier alpha value is -3.74. The van der Waals surface area contributed by atoms with Crippen molar-refractivity contribution in [3.8, 4) is 0 Å². The van der Waals surface area contributed by atoms with Crippen LogP contribution in [0.3, 0.4) is 0 Å². The lowest BCUT2D eigenvalue weighted by Crippen LogP contribution is -2.61. The van der Waals surface area contributed by atoms with Crippen LogP contribution in [0.15, 0.2) is 29.3 Å². The molecule has 19 heteroatoms. The maximum atomic E-state index is 13.4. The predicted molar refractivity (Wildman–Crippen MR) is 169 cm³/mol. The van der Waals surface area contributed by atoms with E-state index in [2.05, 4.69) is 26.4 Å². The predicted octanol–water partition coefficient (Wildman–Crippen LogP) is -2.03. The normalized spacial score (nSPS) is 24.8. The van der Waals surface area contributed by atoms with Gasteiger partial charge < -0.3 is 56.7 Å². The topological polar surface area (TPSA) is 269 Å². The first-order valence-electron chi connectivity index (χ1n) is 15.8. The van der Waals surface area contributed by atoms with E-state index in [0.29, 0.717) is 38.6 Å². The van der Waals surface area contributed by atoms with E-state index >= 15 is 0 Å². The van der Waals surface area contributed by atoms with Crippen LogP contribution in [0.5, 0.6) is 0 Å². The first-order chi connectivity index (χ1) is 22.5. The smallest absolute Gasteiger partial charge is 0.481 e. The number of nitrogens with two attached hydrogens (primary N) is 2. The van der Waals surface area contributed by atoms with Crippen LogP contribution in [-0.2, 0) is 46.2 Å². The molecule has 2 amide bonds.